The molecular formula is C12H16ClNO2. The molecule has 0 bridgehead atoms. The van der Waals surface area contributed by atoms with Gasteiger partial charge in [0.15, 0.2) is 11.5 Å². The number of rotatable bonds is 5. The third-order valence-corrected chi connectivity index (χ3v) is 3.00. The van der Waals surface area contributed by atoms with E-state index in [-0.39, 0.29) is 5.75 Å². The molecule has 1 aromatic carbocycles. The molecule has 0 atom stereocenters. The summed E-state index contributed by atoms with van der Waals surface area (Å²) in [5.74, 6) is 1.43. The Hall–Kier alpha value is -0.930. The van der Waals surface area contributed by atoms with E-state index in [4.69, 9.17) is 16.3 Å². The maximum absolute atomic E-state index is 9.87. The molecule has 2 rings (SSSR count). The highest BCUT2D eigenvalue weighted by molar-refractivity contribution is 6.30. The quantitative estimate of drug-likeness (QED) is 0.833. The Bertz CT molecular complexity index is 378. The second kappa shape index (κ2) is 4.93. The SMILES string of the molecule is COc1cc(Cl)cc(CNCC2CC2)c1O. The molecule has 0 saturated heterocycles. The first-order valence-corrected chi connectivity index (χ1v) is 5.84. The number of phenols is 1. The second-order valence-corrected chi connectivity index (χ2v) is 4.63. The van der Waals surface area contributed by atoms with Crippen LogP contribution in [0.15, 0.2) is 12.1 Å². The fourth-order valence-corrected chi connectivity index (χ4v) is 1.88. The number of nitrogens with one attached hydrogen (secondary N) is 1. The van der Waals surface area contributed by atoms with Gasteiger partial charge in [-0.25, -0.2) is 0 Å². The summed E-state index contributed by atoms with van der Waals surface area (Å²) in [7, 11) is 1.52. The standard InChI is InChI=1S/C12H16ClNO2/c1-16-11-5-10(13)4-9(12(11)15)7-14-6-8-2-3-8/h4-5,8,14-15H,2-3,6-7H2,1H3. The molecule has 0 amide bonds. The van der Waals surface area contributed by atoms with Gasteiger partial charge in [-0.3, -0.25) is 0 Å². The Morgan fingerprint density at radius 2 is 2.25 bits per heavy atom. The van der Waals surface area contributed by atoms with Crippen molar-refractivity contribution in [2.45, 2.75) is 19.4 Å². The van der Waals surface area contributed by atoms with Gasteiger partial charge in [0.1, 0.15) is 0 Å². The van der Waals surface area contributed by atoms with Crippen molar-refractivity contribution in [1.29, 1.82) is 0 Å². The molecule has 0 aliphatic heterocycles. The first-order chi connectivity index (χ1) is 7.70. The summed E-state index contributed by atoms with van der Waals surface area (Å²) in [6, 6.07) is 3.38. The van der Waals surface area contributed by atoms with Crippen molar-refractivity contribution < 1.29 is 9.84 Å². The van der Waals surface area contributed by atoms with Crippen LogP contribution in [-0.2, 0) is 6.54 Å². The van der Waals surface area contributed by atoms with Crippen molar-refractivity contribution >= 4 is 11.6 Å². The van der Waals surface area contributed by atoms with Gasteiger partial charge in [0.2, 0.25) is 0 Å². The summed E-state index contributed by atoms with van der Waals surface area (Å²) < 4.78 is 5.04. The van der Waals surface area contributed by atoms with Crippen LogP contribution in [0.25, 0.3) is 0 Å². The summed E-state index contributed by atoms with van der Waals surface area (Å²) in [5.41, 5.74) is 0.782. The zero-order chi connectivity index (χ0) is 11.5. The minimum atomic E-state index is 0.176. The molecule has 0 spiro atoms. The zero-order valence-electron chi connectivity index (χ0n) is 9.29. The third-order valence-electron chi connectivity index (χ3n) is 2.78. The predicted molar refractivity (Wildman–Crippen MR) is 64.1 cm³/mol. The number of phenolic OH excluding ortho intramolecular Hbond substituents is 1. The Labute approximate surface area is 100 Å². The topological polar surface area (TPSA) is 41.5 Å². The van der Waals surface area contributed by atoms with Gasteiger partial charge in [-0.1, -0.05) is 11.6 Å². The van der Waals surface area contributed by atoms with Crippen LogP contribution >= 0.6 is 11.6 Å². The summed E-state index contributed by atoms with van der Waals surface area (Å²) in [6.07, 6.45) is 2.63. The van der Waals surface area contributed by atoms with E-state index in [1.165, 1.54) is 20.0 Å². The average Bonchev–Trinajstić information content (AvgIpc) is 3.06. The lowest BCUT2D eigenvalue weighted by atomic mass is 10.2. The molecule has 1 aliphatic carbocycles. The van der Waals surface area contributed by atoms with E-state index in [0.717, 1.165) is 18.0 Å². The molecule has 0 unspecified atom stereocenters. The monoisotopic (exact) mass is 241 g/mol. The van der Waals surface area contributed by atoms with E-state index in [1.54, 1.807) is 12.1 Å². The van der Waals surface area contributed by atoms with Gasteiger partial charge >= 0.3 is 0 Å². The van der Waals surface area contributed by atoms with Crippen LogP contribution in [0.3, 0.4) is 0 Å². The Kier molecular flexibility index (Phi) is 3.56. The number of aromatic hydroxyl groups is 1. The van der Waals surface area contributed by atoms with Crippen LogP contribution in [0.5, 0.6) is 11.5 Å². The van der Waals surface area contributed by atoms with E-state index in [0.29, 0.717) is 17.3 Å². The van der Waals surface area contributed by atoms with Gasteiger partial charge in [0.25, 0.3) is 0 Å². The van der Waals surface area contributed by atoms with Gasteiger partial charge in [-0.05, 0) is 31.4 Å². The van der Waals surface area contributed by atoms with Crippen LogP contribution in [0, 0.1) is 5.92 Å². The van der Waals surface area contributed by atoms with Crippen molar-refractivity contribution in [1.82, 2.24) is 5.32 Å². The van der Waals surface area contributed by atoms with Crippen molar-refractivity contribution in [2.24, 2.45) is 5.92 Å². The summed E-state index contributed by atoms with van der Waals surface area (Å²) in [4.78, 5) is 0. The average molecular weight is 242 g/mol. The molecule has 4 heteroatoms. The molecule has 1 aliphatic rings. The molecule has 0 aromatic heterocycles. The minimum Gasteiger partial charge on any atom is -0.504 e. The molecule has 1 aromatic rings. The van der Waals surface area contributed by atoms with Crippen LogP contribution in [0.1, 0.15) is 18.4 Å². The number of benzene rings is 1. The lowest BCUT2D eigenvalue weighted by Gasteiger charge is -2.10. The number of hydrogen-bond acceptors (Lipinski definition) is 3. The Morgan fingerprint density at radius 1 is 1.50 bits per heavy atom. The van der Waals surface area contributed by atoms with Gasteiger partial charge in [-0.2, -0.15) is 0 Å². The first-order valence-electron chi connectivity index (χ1n) is 5.47. The molecular weight excluding hydrogens is 226 g/mol. The molecule has 0 heterocycles. The summed E-state index contributed by atoms with van der Waals surface area (Å²) >= 11 is 5.94. The van der Waals surface area contributed by atoms with Crippen LogP contribution in [0.4, 0.5) is 0 Å². The normalized spacial score (nSPS) is 15.1. The highest BCUT2D eigenvalue weighted by Crippen LogP contribution is 2.33. The van der Waals surface area contributed by atoms with E-state index >= 15 is 0 Å². The first kappa shape index (κ1) is 11.6. The Balaban J connectivity index is 2.02. The van der Waals surface area contributed by atoms with E-state index in [1.807, 2.05) is 0 Å². The molecule has 2 N–H and O–H groups in total. The molecule has 1 saturated carbocycles. The van der Waals surface area contributed by atoms with Crippen LogP contribution in [0.2, 0.25) is 5.02 Å². The lowest BCUT2D eigenvalue weighted by Crippen LogP contribution is -2.16. The highest BCUT2D eigenvalue weighted by Gasteiger charge is 2.20. The van der Waals surface area contributed by atoms with Crippen molar-refractivity contribution in [3.63, 3.8) is 0 Å². The smallest absolute Gasteiger partial charge is 0.162 e. The molecule has 3 nitrogen and oxygen atoms in total. The fraction of sp³-hybridized carbons (Fsp3) is 0.500. The van der Waals surface area contributed by atoms with Crippen molar-refractivity contribution in [3.8, 4) is 11.5 Å². The fourth-order valence-electron chi connectivity index (χ4n) is 1.65. The lowest BCUT2D eigenvalue weighted by molar-refractivity contribution is 0.369. The maximum atomic E-state index is 9.87. The second-order valence-electron chi connectivity index (χ2n) is 4.19. The highest BCUT2D eigenvalue weighted by atomic mass is 35.5. The summed E-state index contributed by atoms with van der Waals surface area (Å²) in [6.45, 7) is 1.63. The van der Waals surface area contributed by atoms with Gasteiger partial charge in [0.05, 0.1) is 7.11 Å². The van der Waals surface area contributed by atoms with E-state index < -0.39 is 0 Å². The predicted octanol–water partition coefficient (Wildman–Crippen LogP) is 2.55. The van der Waals surface area contributed by atoms with Crippen molar-refractivity contribution in [3.05, 3.63) is 22.7 Å². The van der Waals surface area contributed by atoms with Crippen LogP contribution in [-0.4, -0.2) is 18.8 Å². The van der Waals surface area contributed by atoms with E-state index in [9.17, 15) is 5.11 Å². The van der Waals surface area contributed by atoms with Crippen molar-refractivity contribution in [2.75, 3.05) is 13.7 Å². The largest absolute Gasteiger partial charge is 0.504 e. The zero-order valence-corrected chi connectivity index (χ0v) is 10.0. The number of methoxy groups -OCH3 is 1. The maximum Gasteiger partial charge on any atom is 0.162 e. The summed E-state index contributed by atoms with van der Waals surface area (Å²) in [5, 5.41) is 13.8. The molecule has 16 heavy (non-hydrogen) atoms. The minimum absolute atomic E-state index is 0.176. The molecule has 1 fully saturated rings. The van der Waals surface area contributed by atoms with E-state index in [2.05, 4.69) is 5.32 Å². The number of hydrogen-bond donors (Lipinski definition) is 2. The van der Waals surface area contributed by atoms with Crippen LogP contribution < -0.4 is 10.1 Å². The van der Waals surface area contributed by atoms with Gasteiger partial charge < -0.3 is 15.2 Å². The van der Waals surface area contributed by atoms with Gasteiger partial charge in [0, 0.05) is 23.2 Å². The Morgan fingerprint density at radius 3 is 2.88 bits per heavy atom. The molecule has 88 valence electrons. The third kappa shape index (κ3) is 2.80. The number of halogens is 1. The number of ether oxygens (including phenoxy) is 1. The molecule has 0 radical (unpaired) electrons. The van der Waals surface area contributed by atoms with Gasteiger partial charge in [-0.15, -0.1) is 0 Å².